The van der Waals surface area contributed by atoms with Crippen LogP contribution in [0.1, 0.15) is 26.2 Å². The van der Waals surface area contributed by atoms with Crippen LogP contribution in [-0.4, -0.2) is 24.2 Å². The van der Waals surface area contributed by atoms with Crippen LogP contribution in [0.5, 0.6) is 0 Å². The van der Waals surface area contributed by atoms with E-state index in [9.17, 15) is 4.79 Å². The highest BCUT2D eigenvalue weighted by Gasteiger charge is 2.18. The van der Waals surface area contributed by atoms with E-state index >= 15 is 0 Å². The Morgan fingerprint density at radius 1 is 1.00 bits per heavy atom. The number of nitrogens with one attached hydrogen (secondary N) is 1. The Morgan fingerprint density at radius 3 is 2.42 bits per heavy atom. The van der Waals surface area contributed by atoms with Crippen LogP contribution in [0.25, 0.3) is 0 Å². The van der Waals surface area contributed by atoms with E-state index in [2.05, 4.69) is 16.3 Å². The number of benzene rings is 2. The number of carbonyl (C=O) groups excluding carboxylic acids is 1. The molecule has 0 aliphatic carbocycles. The fraction of sp³-hybridized carbons (Fsp3) is 0.350. The zero-order valence-electron chi connectivity index (χ0n) is 14.1. The molecule has 1 heterocycles. The van der Waals surface area contributed by atoms with Gasteiger partial charge in [0.25, 0.3) is 0 Å². The van der Waals surface area contributed by atoms with E-state index in [-0.39, 0.29) is 11.2 Å². The number of para-hydroxylation sites is 2. The standard InChI is InChI=1S/C20H24N2OS/c1-16(24-17-10-4-2-5-11-17)20(23)21-18-12-6-7-13-19(18)22-14-8-3-9-15-22/h2,4-7,10-13,16H,3,8-9,14-15H2,1H3,(H,21,23). The fourth-order valence-electron chi connectivity index (χ4n) is 2.98. The summed E-state index contributed by atoms with van der Waals surface area (Å²) in [7, 11) is 0. The summed E-state index contributed by atoms with van der Waals surface area (Å²) >= 11 is 1.59. The predicted octanol–water partition coefficient (Wildman–Crippen LogP) is 4.80. The van der Waals surface area contributed by atoms with Gasteiger partial charge in [-0.1, -0.05) is 30.3 Å². The highest BCUT2D eigenvalue weighted by Crippen LogP contribution is 2.30. The number of nitrogens with zero attached hydrogens (tertiary/aromatic N) is 1. The molecule has 1 amide bonds. The summed E-state index contributed by atoms with van der Waals surface area (Å²) in [4.78, 5) is 16.1. The summed E-state index contributed by atoms with van der Waals surface area (Å²) in [6.45, 7) is 4.10. The molecule has 3 rings (SSSR count). The second-order valence-electron chi connectivity index (χ2n) is 6.13. The molecule has 1 aliphatic heterocycles. The first-order valence-electron chi connectivity index (χ1n) is 8.60. The maximum atomic E-state index is 12.6. The molecule has 0 radical (unpaired) electrons. The summed E-state index contributed by atoms with van der Waals surface area (Å²) in [5.41, 5.74) is 2.06. The van der Waals surface area contributed by atoms with Crippen molar-refractivity contribution in [3.8, 4) is 0 Å². The number of thioether (sulfide) groups is 1. The van der Waals surface area contributed by atoms with E-state index in [0.717, 1.165) is 29.4 Å². The van der Waals surface area contributed by atoms with E-state index < -0.39 is 0 Å². The van der Waals surface area contributed by atoms with Crippen molar-refractivity contribution in [2.24, 2.45) is 0 Å². The smallest absolute Gasteiger partial charge is 0.237 e. The zero-order valence-corrected chi connectivity index (χ0v) is 14.9. The van der Waals surface area contributed by atoms with Crippen LogP contribution in [0.2, 0.25) is 0 Å². The maximum absolute atomic E-state index is 12.6. The molecular weight excluding hydrogens is 316 g/mol. The molecule has 24 heavy (non-hydrogen) atoms. The van der Waals surface area contributed by atoms with Crippen molar-refractivity contribution in [3.05, 3.63) is 54.6 Å². The molecule has 0 saturated carbocycles. The van der Waals surface area contributed by atoms with Crippen LogP contribution in [0, 0.1) is 0 Å². The molecule has 4 heteroatoms. The zero-order chi connectivity index (χ0) is 16.8. The minimum Gasteiger partial charge on any atom is -0.370 e. The molecule has 126 valence electrons. The van der Waals surface area contributed by atoms with Crippen molar-refractivity contribution < 1.29 is 4.79 Å². The molecule has 1 fully saturated rings. The Balaban J connectivity index is 1.67. The number of rotatable bonds is 5. The Labute approximate surface area is 148 Å². The average Bonchev–Trinajstić information content (AvgIpc) is 2.63. The lowest BCUT2D eigenvalue weighted by Gasteiger charge is -2.30. The Kier molecular flexibility index (Phi) is 5.81. The number of hydrogen-bond donors (Lipinski definition) is 1. The first-order chi connectivity index (χ1) is 11.7. The van der Waals surface area contributed by atoms with E-state index in [1.165, 1.54) is 19.3 Å². The van der Waals surface area contributed by atoms with E-state index in [0.29, 0.717) is 0 Å². The second kappa shape index (κ2) is 8.25. The third kappa shape index (κ3) is 4.32. The number of anilines is 2. The van der Waals surface area contributed by atoms with Crippen molar-refractivity contribution in [1.29, 1.82) is 0 Å². The molecule has 0 aromatic heterocycles. The monoisotopic (exact) mass is 340 g/mol. The highest BCUT2D eigenvalue weighted by molar-refractivity contribution is 8.00. The van der Waals surface area contributed by atoms with Gasteiger partial charge in [0.2, 0.25) is 5.91 Å². The highest BCUT2D eigenvalue weighted by atomic mass is 32.2. The number of carbonyl (C=O) groups is 1. The quantitative estimate of drug-likeness (QED) is 0.794. The molecule has 0 spiro atoms. The van der Waals surface area contributed by atoms with Gasteiger partial charge in [0.05, 0.1) is 16.6 Å². The number of piperidine rings is 1. The second-order valence-corrected chi connectivity index (χ2v) is 7.54. The van der Waals surface area contributed by atoms with Gasteiger partial charge in [0.1, 0.15) is 0 Å². The van der Waals surface area contributed by atoms with Crippen LogP contribution in [-0.2, 0) is 4.79 Å². The summed E-state index contributed by atoms with van der Waals surface area (Å²) in [6.07, 6.45) is 3.75. The SMILES string of the molecule is CC(Sc1ccccc1)C(=O)Nc1ccccc1N1CCCCC1. The van der Waals surface area contributed by atoms with E-state index in [1.54, 1.807) is 11.8 Å². The van der Waals surface area contributed by atoms with Gasteiger partial charge in [-0.2, -0.15) is 0 Å². The Bertz CT molecular complexity index is 668. The van der Waals surface area contributed by atoms with Gasteiger partial charge in [-0.15, -0.1) is 11.8 Å². The van der Waals surface area contributed by atoms with Crippen LogP contribution in [0.15, 0.2) is 59.5 Å². The van der Waals surface area contributed by atoms with Gasteiger partial charge in [-0.3, -0.25) is 4.79 Å². The predicted molar refractivity (Wildman–Crippen MR) is 103 cm³/mol. The summed E-state index contributed by atoms with van der Waals surface area (Å²) in [5, 5.41) is 2.99. The van der Waals surface area contributed by atoms with Gasteiger partial charge < -0.3 is 10.2 Å². The summed E-state index contributed by atoms with van der Waals surface area (Å²) in [6, 6.07) is 18.2. The van der Waals surface area contributed by atoms with Gasteiger partial charge in [-0.25, -0.2) is 0 Å². The van der Waals surface area contributed by atoms with Crippen LogP contribution in [0.3, 0.4) is 0 Å². The van der Waals surface area contributed by atoms with Gasteiger partial charge in [0, 0.05) is 18.0 Å². The lowest BCUT2D eigenvalue weighted by atomic mass is 10.1. The van der Waals surface area contributed by atoms with Crippen molar-refractivity contribution in [2.45, 2.75) is 36.3 Å². The topological polar surface area (TPSA) is 32.3 Å². The molecule has 2 aromatic carbocycles. The first-order valence-corrected chi connectivity index (χ1v) is 9.48. The van der Waals surface area contributed by atoms with Crippen LogP contribution in [0.4, 0.5) is 11.4 Å². The lowest BCUT2D eigenvalue weighted by Crippen LogP contribution is -2.31. The molecular formula is C20H24N2OS. The summed E-state index contributed by atoms with van der Waals surface area (Å²) < 4.78 is 0. The van der Waals surface area contributed by atoms with Crippen molar-refractivity contribution >= 4 is 29.0 Å². The van der Waals surface area contributed by atoms with Crippen molar-refractivity contribution in [2.75, 3.05) is 23.3 Å². The molecule has 1 unspecified atom stereocenters. The van der Waals surface area contributed by atoms with Crippen LogP contribution < -0.4 is 10.2 Å². The van der Waals surface area contributed by atoms with E-state index in [1.807, 2.05) is 55.5 Å². The third-order valence-corrected chi connectivity index (χ3v) is 5.40. The average molecular weight is 340 g/mol. The first kappa shape index (κ1) is 16.9. The molecule has 3 nitrogen and oxygen atoms in total. The molecule has 1 N–H and O–H groups in total. The Morgan fingerprint density at radius 2 is 1.67 bits per heavy atom. The maximum Gasteiger partial charge on any atom is 0.237 e. The fourth-order valence-corrected chi connectivity index (χ4v) is 3.87. The minimum atomic E-state index is -0.137. The van der Waals surface area contributed by atoms with Crippen LogP contribution >= 0.6 is 11.8 Å². The lowest BCUT2D eigenvalue weighted by molar-refractivity contribution is -0.115. The summed E-state index contributed by atoms with van der Waals surface area (Å²) in [5.74, 6) is 0.0494. The number of hydrogen-bond acceptors (Lipinski definition) is 3. The minimum absolute atomic E-state index is 0.0494. The van der Waals surface area contributed by atoms with Crippen molar-refractivity contribution in [1.82, 2.24) is 0 Å². The molecule has 2 aromatic rings. The van der Waals surface area contributed by atoms with Crippen molar-refractivity contribution in [3.63, 3.8) is 0 Å². The van der Waals surface area contributed by atoms with Gasteiger partial charge in [0.15, 0.2) is 0 Å². The van der Waals surface area contributed by atoms with Gasteiger partial charge in [-0.05, 0) is 50.5 Å². The molecule has 0 bridgehead atoms. The normalized spacial score (nSPS) is 15.8. The van der Waals surface area contributed by atoms with E-state index in [4.69, 9.17) is 0 Å². The molecule has 1 atom stereocenters. The number of amides is 1. The molecule has 1 saturated heterocycles. The Hall–Kier alpha value is -1.94. The largest absolute Gasteiger partial charge is 0.370 e. The third-order valence-electron chi connectivity index (χ3n) is 4.28. The van der Waals surface area contributed by atoms with Gasteiger partial charge >= 0.3 is 0 Å². The molecule has 1 aliphatic rings.